The van der Waals surface area contributed by atoms with E-state index in [1.54, 1.807) is 24.3 Å². The summed E-state index contributed by atoms with van der Waals surface area (Å²) in [6.45, 7) is 7.81. The molecule has 0 saturated heterocycles. The van der Waals surface area contributed by atoms with Gasteiger partial charge in [-0.05, 0) is 22.8 Å². The first-order valence-electron chi connectivity index (χ1n) is 7.06. The first-order valence-corrected chi connectivity index (χ1v) is 7.06. The van der Waals surface area contributed by atoms with Gasteiger partial charge in [0.25, 0.3) is 5.69 Å². The molecule has 0 amide bonds. The summed E-state index contributed by atoms with van der Waals surface area (Å²) in [7, 11) is 0. The van der Waals surface area contributed by atoms with E-state index in [1.807, 2.05) is 30.3 Å². The van der Waals surface area contributed by atoms with Gasteiger partial charge in [-0.25, -0.2) is 0 Å². The molecule has 0 aliphatic carbocycles. The number of nitro groups is 1. The van der Waals surface area contributed by atoms with Crippen molar-refractivity contribution >= 4 is 11.3 Å². The summed E-state index contributed by atoms with van der Waals surface area (Å²) in [5, 5.41) is 10.7. The summed E-state index contributed by atoms with van der Waals surface area (Å²) in [4.78, 5) is 10.3. The molecular weight excluding hydrogens is 290 g/mol. The van der Waals surface area contributed by atoms with Crippen LogP contribution in [-0.4, -0.2) is 4.92 Å². The molecule has 0 aliphatic rings. The monoisotopic (exact) mass is 307 g/mol. The summed E-state index contributed by atoms with van der Waals surface area (Å²) in [5.41, 5.74) is 3.02. The van der Waals surface area contributed by atoms with Crippen LogP contribution in [0.1, 0.15) is 11.1 Å². The fourth-order valence-corrected chi connectivity index (χ4v) is 2.06. The number of rotatable bonds is 7. The van der Waals surface area contributed by atoms with Crippen LogP contribution in [0, 0.1) is 10.1 Å². The van der Waals surface area contributed by atoms with Crippen molar-refractivity contribution in [3.8, 4) is 5.75 Å². The fraction of sp³-hybridized carbons (Fsp3) is 0.0526. The zero-order valence-corrected chi connectivity index (χ0v) is 12.6. The van der Waals surface area contributed by atoms with Crippen LogP contribution in [0.4, 0.5) is 5.69 Å². The summed E-state index contributed by atoms with van der Waals surface area (Å²) < 4.78 is 5.60. The Morgan fingerprint density at radius 3 is 2.52 bits per heavy atom. The van der Waals surface area contributed by atoms with Gasteiger partial charge >= 0.3 is 0 Å². The Bertz CT molecular complexity index is 745. The van der Waals surface area contributed by atoms with Crippen molar-refractivity contribution in [2.24, 2.45) is 0 Å². The van der Waals surface area contributed by atoms with Crippen LogP contribution >= 0.6 is 0 Å². The number of non-ortho nitro benzene ring substituents is 1. The van der Waals surface area contributed by atoms with Crippen LogP contribution < -0.4 is 4.74 Å². The highest BCUT2D eigenvalue weighted by atomic mass is 16.6. The second-order valence-corrected chi connectivity index (χ2v) is 4.80. The van der Waals surface area contributed by atoms with Gasteiger partial charge in [-0.15, -0.1) is 0 Å². The van der Waals surface area contributed by atoms with E-state index < -0.39 is 4.92 Å². The van der Waals surface area contributed by atoms with Crippen LogP contribution in [-0.2, 0) is 6.61 Å². The quantitative estimate of drug-likeness (QED) is 0.414. The van der Waals surface area contributed by atoms with Gasteiger partial charge in [0, 0.05) is 6.07 Å². The molecule has 0 aromatic heterocycles. The van der Waals surface area contributed by atoms with Gasteiger partial charge in [0.05, 0.1) is 11.0 Å². The van der Waals surface area contributed by atoms with E-state index in [1.165, 1.54) is 12.1 Å². The molecule has 0 bridgehead atoms. The number of hydrogen-bond donors (Lipinski definition) is 0. The maximum atomic E-state index is 10.7. The highest BCUT2D eigenvalue weighted by Crippen LogP contribution is 2.21. The van der Waals surface area contributed by atoms with E-state index in [0.717, 1.165) is 16.7 Å². The van der Waals surface area contributed by atoms with Crippen LogP contribution in [0.15, 0.2) is 79.9 Å². The lowest BCUT2D eigenvalue weighted by Crippen LogP contribution is -1.96. The molecule has 0 heterocycles. The standard InChI is InChI=1S/C19H17NO3/c1-3-6-16(4-2)17-11-9-15(10-12-17)14-23-19-8-5-7-18(13-19)20(21)22/h3-13H,1-2,14H2/b16-6+. The van der Waals surface area contributed by atoms with Gasteiger partial charge in [0.15, 0.2) is 0 Å². The minimum absolute atomic E-state index is 0.0167. The minimum atomic E-state index is -0.440. The van der Waals surface area contributed by atoms with Crippen molar-refractivity contribution < 1.29 is 9.66 Å². The average Bonchev–Trinajstić information content (AvgIpc) is 2.58. The molecule has 0 radical (unpaired) electrons. The number of benzene rings is 2. The number of hydrogen-bond acceptors (Lipinski definition) is 3. The van der Waals surface area contributed by atoms with Crippen LogP contribution in [0.2, 0.25) is 0 Å². The van der Waals surface area contributed by atoms with Gasteiger partial charge in [-0.1, -0.05) is 61.7 Å². The van der Waals surface area contributed by atoms with Crippen LogP contribution in [0.3, 0.4) is 0 Å². The van der Waals surface area contributed by atoms with Crippen molar-refractivity contribution in [1.29, 1.82) is 0 Å². The zero-order chi connectivity index (χ0) is 16.7. The molecule has 2 rings (SSSR count). The normalized spacial score (nSPS) is 10.9. The number of allylic oxidation sites excluding steroid dienone is 4. The third-order valence-electron chi connectivity index (χ3n) is 3.24. The Morgan fingerprint density at radius 1 is 1.17 bits per heavy atom. The van der Waals surface area contributed by atoms with E-state index in [2.05, 4.69) is 13.2 Å². The van der Waals surface area contributed by atoms with Gasteiger partial charge in [0.2, 0.25) is 0 Å². The third-order valence-corrected chi connectivity index (χ3v) is 3.24. The van der Waals surface area contributed by atoms with E-state index in [4.69, 9.17) is 4.74 Å². The van der Waals surface area contributed by atoms with Crippen LogP contribution in [0.5, 0.6) is 5.75 Å². The summed E-state index contributed by atoms with van der Waals surface area (Å²) in [6.07, 6.45) is 5.38. The van der Waals surface area contributed by atoms with E-state index in [0.29, 0.717) is 12.4 Å². The highest BCUT2D eigenvalue weighted by Gasteiger charge is 2.06. The molecule has 23 heavy (non-hydrogen) atoms. The van der Waals surface area contributed by atoms with Crippen molar-refractivity contribution in [3.05, 3.63) is 101 Å². The van der Waals surface area contributed by atoms with Crippen molar-refractivity contribution in [2.75, 3.05) is 0 Å². The lowest BCUT2D eigenvalue weighted by Gasteiger charge is -2.07. The smallest absolute Gasteiger partial charge is 0.273 e. The lowest BCUT2D eigenvalue weighted by atomic mass is 10.0. The molecule has 0 fully saturated rings. The average molecular weight is 307 g/mol. The largest absolute Gasteiger partial charge is 0.489 e. The second-order valence-electron chi connectivity index (χ2n) is 4.80. The summed E-state index contributed by atoms with van der Waals surface area (Å²) in [6, 6.07) is 14.0. The predicted molar refractivity (Wildman–Crippen MR) is 92.2 cm³/mol. The Hall–Kier alpha value is -3.14. The number of nitro benzene ring substituents is 1. The van der Waals surface area contributed by atoms with Crippen molar-refractivity contribution in [1.82, 2.24) is 0 Å². The second kappa shape index (κ2) is 7.75. The molecule has 0 spiro atoms. The Labute approximate surface area is 135 Å². The van der Waals surface area contributed by atoms with Gasteiger partial charge in [-0.3, -0.25) is 10.1 Å². The molecule has 116 valence electrons. The van der Waals surface area contributed by atoms with Crippen molar-refractivity contribution in [2.45, 2.75) is 6.61 Å². The molecule has 0 N–H and O–H groups in total. The van der Waals surface area contributed by atoms with E-state index in [-0.39, 0.29) is 5.69 Å². The fourth-order valence-electron chi connectivity index (χ4n) is 2.06. The zero-order valence-electron chi connectivity index (χ0n) is 12.6. The summed E-state index contributed by atoms with van der Waals surface area (Å²) >= 11 is 0. The molecular formula is C19H17NO3. The molecule has 0 atom stereocenters. The maximum absolute atomic E-state index is 10.7. The first kappa shape index (κ1) is 16.2. The van der Waals surface area contributed by atoms with Gasteiger partial charge in [0.1, 0.15) is 12.4 Å². The lowest BCUT2D eigenvalue weighted by molar-refractivity contribution is -0.384. The summed E-state index contributed by atoms with van der Waals surface area (Å²) in [5.74, 6) is 0.474. The molecule has 4 nitrogen and oxygen atoms in total. The molecule has 0 unspecified atom stereocenters. The molecule has 2 aromatic carbocycles. The van der Waals surface area contributed by atoms with Gasteiger partial charge in [-0.2, -0.15) is 0 Å². The SMILES string of the molecule is C=C/C=C(\C=C)c1ccc(COc2cccc([N+](=O)[O-])c2)cc1. The molecule has 4 heteroatoms. The predicted octanol–water partition coefficient (Wildman–Crippen LogP) is 4.93. The van der Waals surface area contributed by atoms with E-state index >= 15 is 0 Å². The third kappa shape index (κ3) is 4.41. The molecule has 0 aliphatic heterocycles. The van der Waals surface area contributed by atoms with Crippen LogP contribution in [0.25, 0.3) is 5.57 Å². The Balaban J connectivity index is 2.05. The maximum Gasteiger partial charge on any atom is 0.273 e. The van der Waals surface area contributed by atoms with Gasteiger partial charge < -0.3 is 4.74 Å². The van der Waals surface area contributed by atoms with E-state index in [9.17, 15) is 10.1 Å². The minimum Gasteiger partial charge on any atom is -0.489 e. The first-order chi connectivity index (χ1) is 11.1. The highest BCUT2D eigenvalue weighted by molar-refractivity contribution is 5.74. The molecule has 0 saturated carbocycles. The number of ether oxygens (including phenoxy) is 1. The topological polar surface area (TPSA) is 52.4 Å². The molecule has 2 aromatic rings. The Kier molecular flexibility index (Phi) is 5.47. The Morgan fingerprint density at radius 2 is 1.91 bits per heavy atom. The number of nitrogens with zero attached hydrogens (tertiary/aromatic N) is 1. The van der Waals surface area contributed by atoms with Crippen molar-refractivity contribution in [3.63, 3.8) is 0 Å².